The number of halogens is 1. The molecular formula is C23H18BrN3O3. The lowest BCUT2D eigenvalue weighted by molar-refractivity contribution is -0.118. The zero-order valence-electron chi connectivity index (χ0n) is 15.9. The number of aromatic nitrogens is 2. The Morgan fingerprint density at radius 2 is 1.73 bits per heavy atom. The molecule has 4 aromatic rings. The van der Waals surface area contributed by atoms with Crippen molar-refractivity contribution >= 4 is 38.4 Å². The van der Waals surface area contributed by atoms with E-state index in [2.05, 4.69) is 31.2 Å². The van der Waals surface area contributed by atoms with Crippen molar-refractivity contribution in [3.05, 3.63) is 89.3 Å². The van der Waals surface area contributed by atoms with Crippen LogP contribution in [0.25, 0.3) is 10.8 Å². The van der Waals surface area contributed by atoms with E-state index in [1.165, 1.54) is 0 Å². The summed E-state index contributed by atoms with van der Waals surface area (Å²) in [6.07, 6.45) is 5.00. The SMILES string of the molecule is O=C(COc1ccc2cc(Br)ccc2c1)Nc1ncccc1OCc1ccncc1. The molecule has 0 fully saturated rings. The molecule has 7 heteroatoms. The van der Waals surface area contributed by atoms with Crippen LogP contribution < -0.4 is 14.8 Å². The second-order valence-corrected chi connectivity index (χ2v) is 7.40. The van der Waals surface area contributed by atoms with Crippen LogP contribution in [-0.2, 0) is 11.4 Å². The predicted molar refractivity (Wildman–Crippen MR) is 119 cm³/mol. The van der Waals surface area contributed by atoms with Crippen LogP contribution >= 0.6 is 15.9 Å². The Bertz CT molecular complexity index is 1170. The molecular weight excluding hydrogens is 446 g/mol. The molecule has 0 atom stereocenters. The molecule has 0 saturated heterocycles. The molecule has 150 valence electrons. The smallest absolute Gasteiger partial charge is 0.263 e. The molecule has 2 aromatic carbocycles. The maximum Gasteiger partial charge on any atom is 0.263 e. The molecule has 0 aliphatic carbocycles. The van der Waals surface area contributed by atoms with Gasteiger partial charge in [-0.3, -0.25) is 9.78 Å². The van der Waals surface area contributed by atoms with Crippen molar-refractivity contribution in [1.29, 1.82) is 0 Å². The minimum atomic E-state index is -0.321. The Morgan fingerprint density at radius 1 is 0.933 bits per heavy atom. The highest BCUT2D eigenvalue weighted by Gasteiger charge is 2.10. The van der Waals surface area contributed by atoms with Crippen molar-refractivity contribution in [3.63, 3.8) is 0 Å². The standard InChI is InChI=1S/C23H18BrN3O3/c24-19-5-3-18-13-20(6-4-17(18)12-19)29-15-22(28)27-23-21(2-1-9-26-23)30-14-16-7-10-25-11-8-16/h1-13H,14-15H2,(H,26,27,28). The normalized spacial score (nSPS) is 10.6. The van der Waals surface area contributed by atoms with E-state index in [1.807, 2.05) is 48.5 Å². The third kappa shape index (κ3) is 5.12. The highest BCUT2D eigenvalue weighted by molar-refractivity contribution is 9.10. The van der Waals surface area contributed by atoms with Gasteiger partial charge in [0, 0.05) is 23.1 Å². The molecule has 1 N–H and O–H groups in total. The first-order valence-corrected chi connectivity index (χ1v) is 10.1. The van der Waals surface area contributed by atoms with Gasteiger partial charge in [0.2, 0.25) is 0 Å². The lowest BCUT2D eigenvalue weighted by Crippen LogP contribution is -2.21. The molecule has 0 saturated carbocycles. The largest absolute Gasteiger partial charge is 0.485 e. The molecule has 2 heterocycles. The maximum atomic E-state index is 12.4. The Balaban J connectivity index is 1.36. The summed E-state index contributed by atoms with van der Waals surface area (Å²) in [6.45, 7) is 0.211. The summed E-state index contributed by atoms with van der Waals surface area (Å²) in [5.41, 5.74) is 0.970. The highest BCUT2D eigenvalue weighted by Crippen LogP contribution is 2.25. The maximum absolute atomic E-state index is 12.4. The number of carbonyl (C=O) groups excluding carboxylic acids is 1. The Hall–Kier alpha value is -3.45. The van der Waals surface area contributed by atoms with Crippen molar-refractivity contribution in [2.75, 3.05) is 11.9 Å². The van der Waals surface area contributed by atoms with E-state index in [1.54, 1.807) is 30.7 Å². The number of hydrogen-bond acceptors (Lipinski definition) is 5. The zero-order chi connectivity index (χ0) is 20.8. The van der Waals surface area contributed by atoms with Crippen LogP contribution in [0.5, 0.6) is 11.5 Å². The van der Waals surface area contributed by atoms with Gasteiger partial charge in [0.25, 0.3) is 5.91 Å². The Kier molecular flexibility index (Phi) is 6.20. The van der Waals surface area contributed by atoms with Crippen LogP contribution in [0.2, 0.25) is 0 Å². The average Bonchev–Trinajstić information content (AvgIpc) is 2.78. The number of fused-ring (bicyclic) bond motifs is 1. The third-order valence-corrected chi connectivity index (χ3v) is 4.81. The number of nitrogens with zero attached hydrogens (tertiary/aromatic N) is 2. The monoisotopic (exact) mass is 463 g/mol. The second kappa shape index (κ2) is 9.37. The van der Waals surface area contributed by atoms with Gasteiger partial charge in [0.15, 0.2) is 18.2 Å². The van der Waals surface area contributed by atoms with E-state index < -0.39 is 0 Å². The minimum Gasteiger partial charge on any atom is -0.485 e. The molecule has 1 amide bonds. The summed E-state index contributed by atoms with van der Waals surface area (Å²) in [5, 5.41) is 4.87. The topological polar surface area (TPSA) is 73.3 Å². The van der Waals surface area contributed by atoms with Crippen LogP contribution in [0, 0.1) is 0 Å². The predicted octanol–water partition coefficient (Wildman–Crippen LogP) is 4.99. The van der Waals surface area contributed by atoms with Gasteiger partial charge in [0.1, 0.15) is 12.4 Å². The lowest BCUT2D eigenvalue weighted by Gasteiger charge is -2.12. The van der Waals surface area contributed by atoms with Gasteiger partial charge >= 0.3 is 0 Å². The Morgan fingerprint density at radius 3 is 2.60 bits per heavy atom. The van der Waals surface area contributed by atoms with Gasteiger partial charge in [-0.1, -0.05) is 28.1 Å². The van der Waals surface area contributed by atoms with Gasteiger partial charge in [-0.2, -0.15) is 0 Å². The number of nitrogens with one attached hydrogen (secondary N) is 1. The molecule has 4 rings (SSSR count). The fourth-order valence-electron chi connectivity index (χ4n) is 2.84. The number of hydrogen-bond donors (Lipinski definition) is 1. The summed E-state index contributed by atoms with van der Waals surface area (Å²) in [6, 6.07) is 18.9. The molecule has 0 radical (unpaired) electrons. The van der Waals surface area contributed by atoms with E-state index in [4.69, 9.17) is 9.47 Å². The van der Waals surface area contributed by atoms with Crippen molar-refractivity contribution in [2.24, 2.45) is 0 Å². The quantitative estimate of drug-likeness (QED) is 0.417. The van der Waals surface area contributed by atoms with Crippen LogP contribution in [-0.4, -0.2) is 22.5 Å². The van der Waals surface area contributed by atoms with Gasteiger partial charge in [-0.15, -0.1) is 0 Å². The number of rotatable bonds is 7. The van der Waals surface area contributed by atoms with Crippen LogP contribution in [0.1, 0.15) is 5.56 Å². The van der Waals surface area contributed by atoms with Crippen LogP contribution in [0.15, 0.2) is 83.7 Å². The number of carbonyl (C=O) groups is 1. The lowest BCUT2D eigenvalue weighted by atomic mass is 10.1. The number of amides is 1. The minimum absolute atomic E-state index is 0.137. The van der Waals surface area contributed by atoms with Crippen molar-refractivity contribution in [2.45, 2.75) is 6.61 Å². The van der Waals surface area contributed by atoms with Crippen molar-refractivity contribution < 1.29 is 14.3 Å². The summed E-state index contributed by atoms with van der Waals surface area (Å²) < 4.78 is 12.5. The van der Waals surface area contributed by atoms with E-state index in [9.17, 15) is 4.79 Å². The molecule has 0 unspecified atom stereocenters. The fraction of sp³-hybridized carbons (Fsp3) is 0.0870. The van der Waals surface area contributed by atoms with Gasteiger partial charge in [0.05, 0.1) is 0 Å². The fourth-order valence-corrected chi connectivity index (χ4v) is 3.22. The molecule has 0 aliphatic heterocycles. The first-order chi connectivity index (χ1) is 14.7. The van der Waals surface area contributed by atoms with Crippen LogP contribution in [0.4, 0.5) is 5.82 Å². The molecule has 0 bridgehead atoms. The first-order valence-electron chi connectivity index (χ1n) is 9.26. The number of ether oxygens (including phenoxy) is 2. The van der Waals surface area contributed by atoms with Crippen molar-refractivity contribution in [3.8, 4) is 11.5 Å². The molecule has 6 nitrogen and oxygen atoms in total. The first kappa shape index (κ1) is 19.8. The Labute approximate surface area is 182 Å². The number of anilines is 1. The molecule has 0 spiro atoms. The third-order valence-electron chi connectivity index (χ3n) is 4.32. The number of pyridine rings is 2. The summed E-state index contributed by atoms with van der Waals surface area (Å²) in [5.74, 6) is 1.14. The molecule has 0 aliphatic rings. The zero-order valence-corrected chi connectivity index (χ0v) is 17.5. The van der Waals surface area contributed by atoms with Crippen molar-refractivity contribution in [1.82, 2.24) is 9.97 Å². The second-order valence-electron chi connectivity index (χ2n) is 6.48. The molecule has 30 heavy (non-hydrogen) atoms. The van der Waals surface area contributed by atoms with E-state index in [0.717, 1.165) is 20.8 Å². The summed E-state index contributed by atoms with van der Waals surface area (Å²) in [7, 11) is 0. The molecule has 2 aromatic heterocycles. The summed E-state index contributed by atoms with van der Waals surface area (Å²) >= 11 is 3.46. The van der Waals surface area contributed by atoms with Gasteiger partial charge in [-0.05, 0) is 64.9 Å². The number of benzene rings is 2. The summed E-state index contributed by atoms with van der Waals surface area (Å²) in [4.78, 5) is 20.6. The van der Waals surface area contributed by atoms with Gasteiger partial charge in [-0.25, -0.2) is 4.98 Å². The van der Waals surface area contributed by atoms with E-state index >= 15 is 0 Å². The average molecular weight is 464 g/mol. The van der Waals surface area contributed by atoms with Gasteiger partial charge < -0.3 is 14.8 Å². The van der Waals surface area contributed by atoms with E-state index in [0.29, 0.717) is 23.9 Å². The van der Waals surface area contributed by atoms with E-state index in [-0.39, 0.29) is 12.5 Å². The van der Waals surface area contributed by atoms with Crippen LogP contribution in [0.3, 0.4) is 0 Å². The highest BCUT2D eigenvalue weighted by atomic mass is 79.9.